The first kappa shape index (κ1) is 9.92. The van der Waals surface area contributed by atoms with Crippen LogP contribution in [-0.4, -0.2) is 17.4 Å². The summed E-state index contributed by atoms with van der Waals surface area (Å²) in [5.74, 6) is 0.132. The maximum absolute atomic E-state index is 10.8. The monoisotopic (exact) mass is 196 g/mol. The topological polar surface area (TPSA) is 42.0 Å². The van der Waals surface area contributed by atoms with Gasteiger partial charge in [0.1, 0.15) is 0 Å². The number of amides is 1. The van der Waals surface area contributed by atoms with Crippen molar-refractivity contribution >= 4 is 17.2 Å². The number of thiazole rings is 1. The number of hydrogen-bond acceptors (Lipinski definition) is 3. The highest BCUT2D eigenvalue weighted by Crippen LogP contribution is 2.16. The zero-order valence-corrected chi connectivity index (χ0v) is 8.30. The molecule has 0 spiro atoms. The zero-order valence-electron chi connectivity index (χ0n) is 7.49. The second kappa shape index (κ2) is 4.77. The molecule has 1 aromatic rings. The minimum absolute atomic E-state index is 0.136. The van der Waals surface area contributed by atoms with Crippen LogP contribution in [0.3, 0.4) is 0 Å². The van der Waals surface area contributed by atoms with E-state index in [2.05, 4.69) is 16.9 Å². The molecule has 0 aliphatic heterocycles. The van der Waals surface area contributed by atoms with Crippen LogP contribution in [0.2, 0.25) is 0 Å². The lowest BCUT2D eigenvalue weighted by molar-refractivity contribution is -0.116. The smallest absolute Gasteiger partial charge is 0.243 e. The van der Waals surface area contributed by atoms with Crippen LogP contribution in [0, 0.1) is 0 Å². The lowest BCUT2D eigenvalue weighted by Gasteiger charge is -2.07. The summed E-state index contributed by atoms with van der Waals surface area (Å²) in [6.07, 6.45) is 3.04. The highest BCUT2D eigenvalue weighted by molar-refractivity contribution is 7.09. The molecule has 3 nitrogen and oxygen atoms in total. The zero-order chi connectivity index (χ0) is 9.68. The molecule has 1 rings (SSSR count). The predicted molar refractivity (Wildman–Crippen MR) is 53.7 cm³/mol. The highest BCUT2D eigenvalue weighted by atomic mass is 32.1. The van der Waals surface area contributed by atoms with Gasteiger partial charge >= 0.3 is 0 Å². The van der Waals surface area contributed by atoms with Gasteiger partial charge in [0.2, 0.25) is 5.91 Å². The van der Waals surface area contributed by atoms with Crippen molar-refractivity contribution in [1.29, 1.82) is 0 Å². The molecule has 13 heavy (non-hydrogen) atoms. The molecule has 70 valence electrons. The van der Waals surface area contributed by atoms with Crippen LogP contribution >= 0.6 is 11.3 Å². The molecule has 1 amide bonds. The molecule has 0 aliphatic carbocycles. The van der Waals surface area contributed by atoms with Gasteiger partial charge in [0.15, 0.2) is 0 Å². The third-order valence-corrected chi connectivity index (χ3v) is 2.65. The summed E-state index contributed by atoms with van der Waals surface area (Å²) in [5.41, 5.74) is 0. The molecule has 1 heterocycles. The van der Waals surface area contributed by atoms with Crippen molar-refractivity contribution in [1.82, 2.24) is 10.3 Å². The number of rotatable bonds is 4. The van der Waals surface area contributed by atoms with Crippen LogP contribution in [0.4, 0.5) is 0 Å². The molecular weight excluding hydrogens is 184 g/mol. The van der Waals surface area contributed by atoms with Crippen molar-refractivity contribution in [2.45, 2.75) is 12.8 Å². The molecule has 0 aliphatic rings. The predicted octanol–water partition coefficient (Wildman–Crippen LogP) is 1.55. The Labute approximate surface area is 81.5 Å². The number of carbonyl (C=O) groups excluding carboxylic acids is 1. The number of nitrogens with one attached hydrogen (secondary N) is 1. The van der Waals surface area contributed by atoms with Gasteiger partial charge in [0.25, 0.3) is 0 Å². The van der Waals surface area contributed by atoms with Crippen LogP contribution in [0.25, 0.3) is 0 Å². The van der Waals surface area contributed by atoms with Gasteiger partial charge in [-0.1, -0.05) is 13.5 Å². The summed E-state index contributed by atoms with van der Waals surface area (Å²) >= 11 is 1.60. The van der Waals surface area contributed by atoms with Crippen LogP contribution < -0.4 is 5.32 Å². The van der Waals surface area contributed by atoms with Gasteiger partial charge in [-0.25, -0.2) is 4.98 Å². The molecule has 1 aromatic heterocycles. The second-order valence-electron chi connectivity index (χ2n) is 2.72. The van der Waals surface area contributed by atoms with E-state index in [0.29, 0.717) is 6.54 Å². The van der Waals surface area contributed by atoms with Gasteiger partial charge in [-0.2, -0.15) is 0 Å². The second-order valence-corrected chi connectivity index (χ2v) is 3.65. The molecule has 1 unspecified atom stereocenters. The highest BCUT2D eigenvalue weighted by Gasteiger charge is 2.07. The maximum Gasteiger partial charge on any atom is 0.243 e. The fourth-order valence-corrected chi connectivity index (χ4v) is 1.59. The Bertz CT molecular complexity index is 282. The van der Waals surface area contributed by atoms with Crippen molar-refractivity contribution in [2.75, 3.05) is 6.54 Å². The molecule has 1 atom stereocenters. The largest absolute Gasteiger partial charge is 0.352 e. The molecular formula is C9H12N2OS. The number of carbonyl (C=O) groups is 1. The van der Waals surface area contributed by atoms with E-state index in [0.717, 1.165) is 5.01 Å². The summed E-state index contributed by atoms with van der Waals surface area (Å²) < 4.78 is 0. The average molecular weight is 196 g/mol. The van der Waals surface area contributed by atoms with Crippen molar-refractivity contribution in [3.8, 4) is 0 Å². The first-order valence-corrected chi connectivity index (χ1v) is 4.91. The summed E-state index contributed by atoms with van der Waals surface area (Å²) in [6, 6.07) is 0. The van der Waals surface area contributed by atoms with Crippen molar-refractivity contribution in [3.05, 3.63) is 29.2 Å². The van der Waals surface area contributed by atoms with Crippen LogP contribution in [0.15, 0.2) is 24.2 Å². The normalized spacial score (nSPS) is 12.1. The molecule has 0 saturated heterocycles. The summed E-state index contributed by atoms with van der Waals surface area (Å²) in [6.45, 7) is 6.02. The van der Waals surface area contributed by atoms with Gasteiger partial charge in [-0.3, -0.25) is 4.79 Å². The van der Waals surface area contributed by atoms with Gasteiger partial charge in [0, 0.05) is 24.0 Å². The summed E-state index contributed by atoms with van der Waals surface area (Å²) in [4.78, 5) is 15.0. The first-order valence-electron chi connectivity index (χ1n) is 4.03. The maximum atomic E-state index is 10.8. The van der Waals surface area contributed by atoms with Gasteiger partial charge < -0.3 is 5.32 Å². The van der Waals surface area contributed by atoms with E-state index >= 15 is 0 Å². The Kier molecular flexibility index (Phi) is 3.64. The summed E-state index contributed by atoms with van der Waals surface area (Å²) in [5, 5.41) is 5.71. The van der Waals surface area contributed by atoms with Crippen molar-refractivity contribution < 1.29 is 4.79 Å². The van der Waals surface area contributed by atoms with E-state index in [9.17, 15) is 4.79 Å². The third-order valence-electron chi connectivity index (χ3n) is 1.64. The standard InChI is InChI=1S/C9H12N2OS/c1-3-8(12)11-6-7(2)9-10-4-5-13-9/h3-5,7H,1,6H2,2H3,(H,11,12). The molecule has 0 bridgehead atoms. The van der Waals surface area contributed by atoms with Gasteiger partial charge in [-0.15, -0.1) is 11.3 Å². The van der Waals surface area contributed by atoms with Gasteiger partial charge in [0.05, 0.1) is 5.01 Å². The Morgan fingerprint density at radius 3 is 3.23 bits per heavy atom. The van der Waals surface area contributed by atoms with E-state index in [1.165, 1.54) is 6.08 Å². The fourth-order valence-electron chi connectivity index (χ4n) is 0.891. The molecule has 1 N–H and O–H groups in total. The SMILES string of the molecule is C=CC(=O)NCC(C)c1nccs1. The van der Waals surface area contributed by atoms with E-state index in [-0.39, 0.29) is 11.8 Å². The molecule has 0 radical (unpaired) electrons. The quantitative estimate of drug-likeness (QED) is 0.742. The van der Waals surface area contributed by atoms with E-state index in [1.54, 1.807) is 17.5 Å². The lowest BCUT2D eigenvalue weighted by Crippen LogP contribution is -2.25. The lowest BCUT2D eigenvalue weighted by atomic mass is 10.2. The molecule has 0 fully saturated rings. The molecule has 4 heteroatoms. The van der Waals surface area contributed by atoms with Crippen molar-refractivity contribution in [3.63, 3.8) is 0 Å². The average Bonchev–Trinajstić information content (AvgIpc) is 2.66. The Hall–Kier alpha value is -1.16. The van der Waals surface area contributed by atoms with Gasteiger partial charge in [-0.05, 0) is 6.08 Å². The van der Waals surface area contributed by atoms with Crippen LogP contribution in [0.1, 0.15) is 17.8 Å². The number of aromatic nitrogens is 1. The van der Waals surface area contributed by atoms with E-state index in [4.69, 9.17) is 0 Å². The molecule has 0 aromatic carbocycles. The van der Waals surface area contributed by atoms with Crippen LogP contribution in [-0.2, 0) is 4.79 Å². The fraction of sp³-hybridized carbons (Fsp3) is 0.333. The summed E-state index contributed by atoms with van der Waals surface area (Å²) in [7, 11) is 0. The van der Waals surface area contributed by atoms with Crippen LogP contribution in [0.5, 0.6) is 0 Å². The minimum atomic E-state index is -0.136. The molecule has 0 saturated carbocycles. The van der Waals surface area contributed by atoms with E-state index < -0.39 is 0 Å². The van der Waals surface area contributed by atoms with Crippen molar-refractivity contribution in [2.24, 2.45) is 0 Å². The minimum Gasteiger partial charge on any atom is -0.352 e. The van der Waals surface area contributed by atoms with E-state index in [1.807, 2.05) is 12.3 Å². The number of nitrogens with zero attached hydrogens (tertiary/aromatic N) is 1. The number of hydrogen-bond donors (Lipinski definition) is 1. The Morgan fingerprint density at radius 1 is 1.92 bits per heavy atom. The Balaban J connectivity index is 2.38. The first-order chi connectivity index (χ1) is 6.24. The third kappa shape index (κ3) is 2.99. The Morgan fingerprint density at radius 2 is 2.69 bits per heavy atom.